The summed E-state index contributed by atoms with van der Waals surface area (Å²) in [6, 6.07) is 6.50. The first-order chi connectivity index (χ1) is 8.80. The third-order valence-corrected chi connectivity index (χ3v) is 4.02. The Morgan fingerprint density at radius 1 is 1.44 bits per heavy atom. The molecule has 18 heavy (non-hydrogen) atoms. The zero-order valence-electron chi connectivity index (χ0n) is 11.5. The van der Waals surface area contributed by atoms with Gasteiger partial charge in [0.1, 0.15) is 0 Å². The van der Waals surface area contributed by atoms with Crippen LogP contribution >= 0.6 is 0 Å². The van der Waals surface area contributed by atoms with Crippen LogP contribution < -0.4 is 5.32 Å². The van der Waals surface area contributed by atoms with Crippen molar-refractivity contribution in [3.05, 3.63) is 30.1 Å². The molecule has 1 atom stereocenters. The Labute approximate surface area is 110 Å². The summed E-state index contributed by atoms with van der Waals surface area (Å²) in [5.41, 5.74) is 1.18. The lowest BCUT2D eigenvalue weighted by Crippen LogP contribution is -2.57. The molecular weight excluding hydrogens is 224 g/mol. The number of aromatic nitrogens is 1. The number of nitrogens with one attached hydrogen (secondary N) is 1. The largest absolute Gasteiger partial charge is 0.377 e. The summed E-state index contributed by atoms with van der Waals surface area (Å²) in [6.45, 7) is 3.24. The number of nitrogens with zero attached hydrogens (tertiary/aromatic N) is 1. The lowest BCUT2D eigenvalue weighted by molar-refractivity contribution is -0.0982. The molecule has 3 heteroatoms. The van der Waals surface area contributed by atoms with E-state index in [9.17, 15) is 0 Å². The van der Waals surface area contributed by atoms with Crippen molar-refractivity contribution in [2.45, 2.75) is 50.7 Å². The van der Waals surface area contributed by atoms with Crippen molar-refractivity contribution in [3.8, 4) is 0 Å². The van der Waals surface area contributed by atoms with E-state index in [1.54, 1.807) is 0 Å². The minimum Gasteiger partial charge on any atom is -0.377 e. The maximum Gasteiger partial charge on any atom is 0.0834 e. The molecule has 1 fully saturated rings. The number of hydrogen-bond donors (Lipinski definition) is 1. The van der Waals surface area contributed by atoms with Gasteiger partial charge >= 0.3 is 0 Å². The van der Waals surface area contributed by atoms with Gasteiger partial charge in [-0.25, -0.2) is 0 Å². The quantitative estimate of drug-likeness (QED) is 0.805. The van der Waals surface area contributed by atoms with Gasteiger partial charge in [0, 0.05) is 31.5 Å². The van der Waals surface area contributed by atoms with Gasteiger partial charge in [0.05, 0.1) is 5.60 Å². The van der Waals surface area contributed by atoms with Crippen molar-refractivity contribution in [3.63, 3.8) is 0 Å². The van der Waals surface area contributed by atoms with Crippen LogP contribution in [0, 0.1) is 0 Å². The summed E-state index contributed by atoms with van der Waals surface area (Å²) in [4.78, 5) is 4.44. The standard InChI is InChI=1S/C15H24N2O/c1-3-10-17-14(15(18-2)8-6-9-15)12-13-7-4-5-11-16-13/h4-5,7,11,14,17H,3,6,8-10,12H2,1-2H3. The van der Waals surface area contributed by atoms with Gasteiger partial charge in [-0.3, -0.25) is 4.98 Å². The van der Waals surface area contributed by atoms with Crippen LogP contribution in [0.3, 0.4) is 0 Å². The van der Waals surface area contributed by atoms with Gasteiger partial charge in [-0.1, -0.05) is 13.0 Å². The lowest BCUT2D eigenvalue weighted by Gasteiger charge is -2.47. The zero-order chi connectivity index (χ0) is 12.8. The predicted molar refractivity (Wildman–Crippen MR) is 73.6 cm³/mol. The smallest absolute Gasteiger partial charge is 0.0834 e. The summed E-state index contributed by atoms with van der Waals surface area (Å²) >= 11 is 0. The Morgan fingerprint density at radius 2 is 2.28 bits per heavy atom. The normalized spacial score (nSPS) is 19.2. The predicted octanol–water partition coefficient (Wildman–Crippen LogP) is 2.56. The maximum atomic E-state index is 5.81. The van der Waals surface area contributed by atoms with E-state index in [0.717, 1.165) is 37.9 Å². The Morgan fingerprint density at radius 3 is 2.78 bits per heavy atom. The Kier molecular flexibility index (Phi) is 4.72. The highest BCUT2D eigenvalue weighted by molar-refractivity contribution is 5.10. The van der Waals surface area contributed by atoms with Gasteiger partial charge in [0.2, 0.25) is 0 Å². The molecule has 100 valence electrons. The Bertz CT molecular complexity index is 343. The van der Waals surface area contributed by atoms with Gasteiger partial charge in [-0.15, -0.1) is 0 Å². The third kappa shape index (κ3) is 2.90. The van der Waals surface area contributed by atoms with Crippen molar-refractivity contribution in [2.24, 2.45) is 0 Å². The van der Waals surface area contributed by atoms with Crippen LogP contribution in [-0.2, 0) is 11.2 Å². The molecule has 1 heterocycles. The van der Waals surface area contributed by atoms with E-state index >= 15 is 0 Å². The van der Waals surface area contributed by atoms with Crippen LogP contribution in [0.25, 0.3) is 0 Å². The summed E-state index contributed by atoms with van der Waals surface area (Å²) in [6.07, 6.45) is 7.58. The number of hydrogen-bond acceptors (Lipinski definition) is 3. The lowest BCUT2D eigenvalue weighted by atomic mass is 9.73. The average molecular weight is 248 g/mol. The molecule has 1 aromatic rings. The second-order valence-corrected chi connectivity index (χ2v) is 5.15. The third-order valence-electron chi connectivity index (χ3n) is 4.02. The molecule has 0 aliphatic heterocycles. The Balaban J connectivity index is 2.05. The van der Waals surface area contributed by atoms with Crippen LogP contribution in [-0.4, -0.2) is 30.3 Å². The minimum absolute atomic E-state index is 0.0344. The van der Waals surface area contributed by atoms with Gasteiger partial charge in [0.25, 0.3) is 0 Å². The highest BCUT2D eigenvalue weighted by Gasteiger charge is 2.44. The molecular formula is C15H24N2O. The molecule has 1 aliphatic carbocycles. The second kappa shape index (κ2) is 6.30. The molecule has 1 aromatic heterocycles. The van der Waals surface area contributed by atoms with E-state index in [0.29, 0.717) is 6.04 Å². The highest BCUT2D eigenvalue weighted by Crippen LogP contribution is 2.39. The van der Waals surface area contributed by atoms with E-state index in [1.165, 1.54) is 6.42 Å². The first-order valence-corrected chi connectivity index (χ1v) is 6.99. The van der Waals surface area contributed by atoms with Crippen LogP contribution in [0.2, 0.25) is 0 Å². The molecule has 2 rings (SSSR count). The van der Waals surface area contributed by atoms with E-state index in [-0.39, 0.29) is 5.60 Å². The molecule has 0 saturated heterocycles. The van der Waals surface area contributed by atoms with Gasteiger partial charge < -0.3 is 10.1 Å². The van der Waals surface area contributed by atoms with E-state index in [2.05, 4.69) is 29.4 Å². The monoisotopic (exact) mass is 248 g/mol. The zero-order valence-corrected chi connectivity index (χ0v) is 11.5. The second-order valence-electron chi connectivity index (χ2n) is 5.15. The van der Waals surface area contributed by atoms with Crippen LogP contribution in [0.4, 0.5) is 0 Å². The van der Waals surface area contributed by atoms with E-state index < -0.39 is 0 Å². The van der Waals surface area contributed by atoms with Gasteiger partial charge in [-0.2, -0.15) is 0 Å². The van der Waals surface area contributed by atoms with Crippen molar-refractivity contribution in [1.82, 2.24) is 10.3 Å². The maximum absolute atomic E-state index is 5.81. The molecule has 0 bridgehead atoms. The molecule has 0 aromatic carbocycles. The Hall–Kier alpha value is -0.930. The average Bonchev–Trinajstić information content (AvgIpc) is 2.36. The molecule has 1 aliphatic rings. The molecule has 1 saturated carbocycles. The molecule has 0 radical (unpaired) electrons. The summed E-state index contributed by atoms with van der Waals surface area (Å²) in [5.74, 6) is 0. The fourth-order valence-corrected chi connectivity index (χ4v) is 2.71. The van der Waals surface area contributed by atoms with Crippen LogP contribution in [0.15, 0.2) is 24.4 Å². The van der Waals surface area contributed by atoms with Crippen molar-refractivity contribution in [2.75, 3.05) is 13.7 Å². The number of ether oxygens (including phenoxy) is 1. The van der Waals surface area contributed by atoms with Crippen molar-refractivity contribution in [1.29, 1.82) is 0 Å². The number of rotatable bonds is 7. The molecule has 3 nitrogen and oxygen atoms in total. The first-order valence-electron chi connectivity index (χ1n) is 6.99. The summed E-state index contributed by atoms with van der Waals surface area (Å²) in [7, 11) is 1.85. The van der Waals surface area contributed by atoms with Crippen molar-refractivity contribution >= 4 is 0 Å². The van der Waals surface area contributed by atoms with Crippen LogP contribution in [0.5, 0.6) is 0 Å². The van der Waals surface area contributed by atoms with Crippen LogP contribution in [0.1, 0.15) is 38.3 Å². The SMILES string of the molecule is CCCNC(Cc1ccccn1)C1(OC)CCC1. The van der Waals surface area contributed by atoms with Crippen molar-refractivity contribution < 1.29 is 4.74 Å². The molecule has 1 unspecified atom stereocenters. The number of methoxy groups -OCH3 is 1. The fourth-order valence-electron chi connectivity index (χ4n) is 2.71. The van der Waals surface area contributed by atoms with E-state index in [4.69, 9.17) is 4.74 Å². The fraction of sp³-hybridized carbons (Fsp3) is 0.667. The minimum atomic E-state index is 0.0344. The van der Waals surface area contributed by atoms with Gasteiger partial charge in [0.15, 0.2) is 0 Å². The summed E-state index contributed by atoms with van der Waals surface area (Å²) in [5, 5.41) is 3.65. The molecule has 1 N–H and O–H groups in total. The molecule has 0 amide bonds. The number of pyridine rings is 1. The molecule has 0 spiro atoms. The first kappa shape index (κ1) is 13.5. The topological polar surface area (TPSA) is 34.2 Å². The highest BCUT2D eigenvalue weighted by atomic mass is 16.5. The summed E-state index contributed by atoms with van der Waals surface area (Å²) < 4.78 is 5.81. The van der Waals surface area contributed by atoms with Gasteiger partial charge in [-0.05, 0) is 44.4 Å². The van der Waals surface area contributed by atoms with E-state index in [1.807, 2.05) is 19.4 Å².